The van der Waals surface area contributed by atoms with Crippen LogP contribution in [-0.2, 0) is 31.1 Å². The largest absolute Gasteiger partial charge is 0.401 e. The van der Waals surface area contributed by atoms with E-state index in [9.17, 15) is 8.77 Å². The standard InChI is InChI=1S/C25H32ClF2N2O4PS/c1-6-33-35(31,34-7-2)25(27,28)23(29-36(32)24(3,4)5)21-17-30(16-18-11-9-8-10-12-18)22-14-13-19(26)15-20(21)22/h8-15,17,23,29H,6-7,16H2,1-5H3. The van der Waals surface area contributed by atoms with Crippen molar-refractivity contribution in [3.8, 4) is 0 Å². The fourth-order valence-electron chi connectivity index (χ4n) is 3.75. The molecule has 198 valence electrons. The van der Waals surface area contributed by atoms with E-state index >= 15 is 8.78 Å². The van der Waals surface area contributed by atoms with Crippen molar-refractivity contribution in [2.75, 3.05) is 13.2 Å². The third-order valence-electron chi connectivity index (χ3n) is 5.47. The van der Waals surface area contributed by atoms with Crippen LogP contribution in [-0.4, -0.2) is 32.4 Å². The number of fused-ring (bicyclic) bond motifs is 1. The van der Waals surface area contributed by atoms with Gasteiger partial charge in [0.1, 0.15) is 6.04 Å². The van der Waals surface area contributed by atoms with Gasteiger partial charge >= 0.3 is 13.3 Å². The Morgan fingerprint density at radius 2 is 1.69 bits per heavy atom. The summed E-state index contributed by atoms with van der Waals surface area (Å²) in [5, 5.41) is 0.763. The van der Waals surface area contributed by atoms with Gasteiger partial charge in [-0.25, -0.2) is 8.93 Å². The summed E-state index contributed by atoms with van der Waals surface area (Å²) in [7, 11) is -6.91. The van der Waals surface area contributed by atoms with Crippen LogP contribution in [0.4, 0.5) is 8.78 Å². The van der Waals surface area contributed by atoms with Crippen LogP contribution in [0, 0.1) is 0 Å². The highest BCUT2D eigenvalue weighted by molar-refractivity contribution is 7.84. The molecule has 6 nitrogen and oxygen atoms in total. The third kappa shape index (κ3) is 6.09. The van der Waals surface area contributed by atoms with Crippen molar-refractivity contribution in [3.05, 3.63) is 70.9 Å². The molecule has 0 aliphatic heterocycles. The first-order valence-electron chi connectivity index (χ1n) is 11.6. The smallest absolute Gasteiger partial charge is 0.343 e. The molecule has 3 rings (SSSR count). The van der Waals surface area contributed by atoms with Crippen molar-refractivity contribution < 1.29 is 26.6 Å². The first kappa shape index (κ1) is 29.0. The van der Waals surface area contributed by atoms with Gasteiger partial charge in [0.15, 0.2) is 0 Å². The van der Waals surface area contributed by atoms with Gasteiger partial charge in [0.25, 0.3) is 0 Å². The molecule has 0 aliphatic rings. The van der Waals surface area contributed by atoms with Crippen LogP contribution >= 0.6 is 19.2 Å². The molecule has 1 heterocycles. The highest BCUT2D eigenvalue weighted by atomic mass is 35.5. The first-order chi connectivity index (χ1) is 16.8. The van der Waals surface area contributed by atoms with E-state index in [-0.39, 0.29) is 18.8 Å². The number of hydrogen-bond acceptors (Lipinski definition) is 4. The van der Waals surface area contributed by atoms with E-state index < -0.39 is 35.0 Å². The van der Waals surface area contributed by atoms with Crippen LogP contribution in [0.1, 0.15) is 51.8 Å². The molecule has 0 saturated carbocycles. The summed E-state index contributed by atoms with van der Waals surface area (Å²) in [5.74, 6) is 0. The molecule has 1 aromatic heterocycles. The minimum absolute atomic E-state index is 0.0886. The summed E-state index contributed by atoms with van der Waals surface area (Å²) in [6.45, 7) is 7.80. The maximum absolute atomic E-state index is 16.3. The maximum atomic E-state index is 16.3. The first-order valence-corrected chi connectivity index (χ1v) is 14.7. The van der Waals surface area contributed by atoms with Crippen LogP contribution in [0.2, 0.25) is 5.02 Å². The molecule has 0 saturated heterocycles. The van der Waals surface area contributed by atoms with E-state index in [2.05, 4.69) is 4.72 Å². The van der Waals surface area contributed by atoms with Gasteiger partial charge in [-0.1, -0.05) is 41.9 Å². The quantitative estimate of drug-likeness (QED) is 0.250. The maximum Gasteiger partial charge on any atom is 0.401 e. The summed E-state index contributed by atoms with van der Waals surface area (Å²) in [6, 6.07) is 12.6. The van der Waals surface area contributed by atoms with E-state index in [0.29, 0.717) is 22.5 Å². The Hall–Kier alpha value is -1.61. The Bertz CT molecular complexity index is 1250. The number of nitrogens with one attached hydrogen (secondary N) is 1. The summed E-state index contributed by atoms with van der Waals surface area (Å²) in [4.78, 5) is 0. The van der Waals surface area contributed by atoms with Gasteiger partial charge in [-0.2, -0.15) is 8.78 Å². The molecule has 1 N–H and O–H groups in total. The molecule has 0 radical (unpaired) electrons. The molecule has 2 aromatic carbocycles. The lowest BCUT2D eigenvalue weighted by molar-refractivity contribution is 0.0119. The predicted molar refractivity (Wildman–Crippen MR) is 142 cm³/mol. The molecule has 36 heavy (non-hydrogen) atoms. The number of alkyl halides is 2. The number of rotatable bonds is 11. The van der Waals surface area contributed by atoms with E-state index in [1.54, 1.807) is 45.2 Å². The molecule has 11 heteroatoms. The summed E-state index contributed by atoms with van der Waals surface area (Å²) in [6.07, 6.45) is 1.56. The van der Waals surface area contributed by atoms with Crippen molar-refractivity contribution >= 4 is 41.1 Å². The zero-order valence-corrected chi connectivity index (χ0v) is 23.4. The lowest BCUT2D eigenvalue weighted by Gasteiger charge is -2.33. The predicted octanol–water partition coefficient (Wildman–Crippen LogP) is 7.29. The minimum atomic E-state index is -4.97. The van der Waals surface area contributed by atoms with E-state index in [4.69, 9.17) is 20.6 Å². The van der Waals surface area contributed by atoms with Crippen LogP contribution in [0.3, 0.4) is 0 Å². The summed E-state index contributed by atoms with van der Waals surface area (Å²) >= 11 is 6.27. The lowest BCUT2D eigenvalue weighted by atomic mass is 10.1. The van der Waals surface area contributed by atoms with Crippen molar-refractivity contribution in [1.82, 2.24) is 9.29 Å². The van der Waals surface area contributed by atoms with Gasteiger partial charge in [-0.3, -0.25) is 4.57 Å². The van der Waals surface area contributed by atoms with Crippen LogP contribution in [0.25, 0.3) is 10.9 Å². The van der Waals surface area contributed by atoms with Crippen molar-refractivity contribution in [2.24, 2.45) is 0 Å². The highest BCUT2D eigenvalue weighted by Gasteiger charge is 2.60. The zero-order valence-electron chi connectivity index (χ0n) is 21.0. The number of hydrogen-bond donors (Lipinski definition) is 1. The average molecular weight is 561 g/mol. The highest BCUT2D eigenvalue weighted by Crippen LogP contribution is 2.66. The van der Waals surface area contributed by atoms with Gasteiger partial charge < -0.3 is 13.6 Å². The second-order valence-corrected chi connectivity index (χ2v) is 13.8. The van der Waals surface area contributed by atoms with Gasteiger partial charge in [0.05, 0.1) is 28.9 Å². The van der Waals surface area contributed by atoms with E-state index in [0.717, 1.165) is 5.56 Å². The second-order valence-electron chi connectivity index (χ2n) is 9.21. The average Bonchev–Trinajstić information content (AvgIpc) is 3.14. The number of aromatic nitrogens is 1. The van der Waals surface area contributed by atoms with Crippen LogP contribution < -0.4 is 4.72 Å². The Balaban J connectivity index is 2.25. The molecule has 2 unspecified atom stereocenters. The molecule has 3 aromatic rings. The van der Waals surface area contributed by atoms with Gasteiger partial charge in [-0.05, 0) is 58.4 Å². The molecule has 0 aliphatic carbocycles. The summed E-state index contributed by atoms with van der Waals surface area (Å²) in [5.41, 5.74) is -2.37. The fraction of sp³-hybridized carbons (Fsp3) is 0.440. The molecular formula is C25H32ClF2N2O4PS. The van der Waals surface area contributed by atoms with Crippen molar-refractivity contribution in [1.29, 1.82) is 0 Å². The molecule has 0 spiro atoms. The Morgan fingerprint density at radius 1 is 1.08 bits per heavy atom. The number of halogens is 3. The monoisotopic (exact) mass is 560 g/mol. The van der Waals surface area contributed by atoms with Gasteiger partial charge in [-0.15, -0.1) is 0 Å². The molecule has 0 bridgehead atoms. The Morgan fingerprint density at radius 3 is 2.25 bits per heavy atom. The minimum Gasteiger partial charge on any atom is -0.343 e. The molecule has 2 atom stereocenters. The second kappa shape index (κ2) is 11.4. The Labute approximate surface area is 218 Å². The van der Waals surface area contributed by atoms with E-state index in [1.807, 2.05) is 34.9 Å². The van der Waals surface area contributed by atoms with Gasteiger partial charge in [0, 0.05) is 34.2 Å². The van der Waals surface area contributed by atoms with Crippen LogP contribution in [0.15, 0.2) is 54.7 Å². The van der Waals surface area contributed by atoms with Crippen LogP contribution in [0.5, 0.6) is 0 Å². The molecule has 0 fully saturated rings. The number of nitrogens with zero attached hydrogens (tertiary/aromatic N) is 1. The van der Waals surface area contributed by atoms with Crippen molar-refractivity contribution in [2.45, 2.75) is 57.6 Å². The SMILES string of the molecule is CCOP(=O)(OCC)C(F)(F)C(NS(=O)C(C)(C)C)c1cn(Cc2ccccc2)c2ccc(Cl)cc12. The van der Waals surface area contributed by atoms with Gasteiger partial charge in [0.2, 0.25) is 0 Å². The van der Waals surface area contributed by atoms with E-state index in [1.165, 1.54) is 13.8 Å². The lowest BCUT2D eigenvalue weighted by Crippen LogP contribution is -2.43. The Kier molecular flexibility index (Phi) is 9.18. The molecular weight excluding hydrogens is 529 g/mol. The summed E-state index contributed by atoms with van der Waals surface area (Å²) < 4.78 is 72.6. The number of benzene rings is 2. The topological polar surface area (TPSA) is 69.6 Å². The van der Waals surface area contributed by atoms with Crippen molar-refractivity contribution in [3.63, 3.8) is 0 Å². The third-order valence-corrected chi connectivity index (χ3v) is 9.45. The molecule has 0 amide bonds. The normalized spacial score (nSPS) is 14.8. The zero-order chi connectivity index (χ0) is 26.7. The fourth-order valence-corrected chi connectivity index (χ4v) is 6.47.